The number of nitrogens with zero attached hydrogens (tertiary/aromatic N) is 1. The average molecular weight is 342 g/mol. The molecule has 2 heterocycles. The Bertz CT molecular complexity index is 740. The first-order chi connectivity index (χ1) is 11.6. The highest BCUT2D eigenvalue weighted by atomic mass is 32.1. The molecule has 0 spiro atoms. The molecule has 0 saturated carbocycles. The number of rotatable bonds is 3. The van der Waals surface area contributed by atoms with Crippen LogP contribution in [-0.4, -0.2) is 29.3 Å². The quantitative estimate of drug-likeness (QED) is 0.916. The minimum absolute atomic E-state index is 0.0371. The van der Waals surface area contributed by atoms with Crippen molar-refractivity contribution in [3.05, 3.63) is 51.7 Å². The van der Waals surface area contributed by atoms with Gasteiger partial charge in [0.1, 0.15) is 6.04 Å². The van der Waals surface area contributed by atoms with E-state index in [4.69, 9.17) is 0 Å². The van der Waals surface area contributed by atoms with Crippen LogP contribution in [0.3, 0.4) is 0 Å². The van der Waals surface area contributed by atoms with Gasteiger partial charge in [-0.05, 0) is 67.8 Å². The number of thiophene rings is 1. The Hall–Kier alpha value is -2.14. The van der Waals surface area contributed by atoms with E-state index in [9.17, 15) is 9.59 Å². The van der Waals surface area contributed by atoms with Crippen molar-refractivity contribution in [2.24, 2.45) is 0 Å². The van der Waals surface area contributed by atoms with Gasteiger partial charge in [-0.3, -0.25) is 9.59 Å². The summed E-state index contributed by atoms with van der Waals surface area (Å²) in [5.74, 6) is -0.132. The molecule has 5 heteroatoms. The molecule has 3 rings (SSSR count). The Morgan fingerprint density at radius 1 is 1.17 bits per heavy atom. The monoisotopic (exact) mass is 342 g/mol. The summed E-state index contributed by atoms with van der Waals surface area (Å²) in [5.41, 5.74) is 3.13. The van der Waals surface area contributed by atoms with Gasteiger partial charge in [0.2, 0.25) is 5.91 Å². The third-order valence-corrected chi connectivity index (χ3v) is 5.43. The first-order valence-electron chi connectivity index (χ1n) is 8.29. The second-order valence-corrected chi connectivity index (χ2v) is 7.22. The van der Waals surface area contributed by atoms with Gasteiger partial charge in [-0.25, -0.2) is 0 Å². The van der Waals surface area contributed by atoms with Crippen LogP contribution in [0.4, 0.5) is 5.69 Å². The second kappa shape index (κ2) is 7.18. The molecular formula is C19H22N2O2S. The number of hydrogen-bond donors (Lipinski definition) is 1. The van der Waals surface area contributed by atoms with Crippen LogP contribution < -0.4 is 5.32 Å². The van der Waals surface area contributed by atoms with Crippen molar-refractivity contribution in [1.29, 1.82) is 0 Å². The van der Waals surface area contributed by atoms with Crippen molar-refractivity contribution < 1.29 is 9.59 Å². The molecule has 2 aromatic rings. The normalized spacial score (nSPS) is 17.6. The molecular weight excluding hydrogens is 320 g/mol. The van der Waals surface area contributed by atoms with Crippen molar-refractivity contribution in [3.8, 4) is 0 Å². The van der Waals surface area contributed by atoms with Gasteiger partial charge in [-0.1, -0.05) is 12.1 Å². The highest BCUT2D eigenvalue weighted by Gasteiger charge is 2.33. The lowest BCUT2D eigenvalue weighted by atomic mass is 10.0. The molecule has 1 N–H and O–H groups in total. The third kappa shape index (κ3) is 3.51. The summed E-state index contributed by atoms with van der Waals surface area (Å²) in [6, 6.07) is 9.18. The Morgan fingerprint density at radius 2 is 2.00 bits per heavy atom. The molecule has 24 heavy (non-hydrogen) atoms. The van der Waals surface area contributed by atoms with Gasteiger partial charge in [0.05, 0.1) is 4.88 Å². The molecule has 4 nitrogen and oxygen atoms in total. The molecule has 1 aliphatic rings. The van der Waals surface area contributed by atoms with Gasteiger partial charge in [-0.2, -0.15) is 0 Å². The number of aryl methyl sites for hydroxylation is 2. The van der Waals surface area contributed by atoms with E-state index in [0.717, 1.165) is 24.1 Å². The summed E-state index contributed by atoms with van der Waals surface area (Å²) in [4.78, 5) is 27.9. The van der Waals surface area contributed by atoms with Crippen LogP contribution in [0.1, 0.15) is 40.1 Å². The highest BCUT2D eigenvalue weighted by molar-refractivity contribution is 7.12. The van der Waals surface area contributed by atoms with Crippen LogP contribution in [0.15, 0.2) is 35.7 Å². The molecule has 1 saturated heterocycles. The van der Waals surface area contributed by atoms with Gasteiger partial charge in [-0.15, -0.1) is 11.3 Å². The maximum absolute atomic E-state index is 12.7. The molecule has 0 aliphatic carbocycles. The SMILES string of the molecule is Cc1ccc(NC(=O)C2CCCCN2C(=O)c2cccs2)cc1C. The molecule has 1 aromatic carbocycles. The first kappa shape index (κ1) is 16.7. The number of likely N-dealkylation sites (tertiary alicyclic amines) is 1. The highest BCUT2D eigenvalue weighted by Crippen LogP contribution is 2.23. The Morgan fingerprint density at radius 3 is 2.71 bits per heavy atom. The van der Waals surface area contributed by atoms with Crippen LogP contribution in [0.5, 0.6) is 0 Å². The average Bonchev–Trinajstić information content (AvgIpc) is 3.12. The minimum atomic E-state index is -0.394. The van der Waals surface area contributed by atoms with E-state index >= 15 is 0 Å². The first-order valence-corrected chi connectivity index (χ1v) is 9.17. The maximum Gasteiger partial charge on any atom is 0.264 e. The summed E-state index contributed by atoms with van der Waals surface area (Å²) in [6.45, 7) is 4.71. The van der Waals surface area contributed by atoms with E-state index < -0.39 is 6.04 Å². The molecule has 1 atom stereocenters. The van der Waals surface area contributed by atoms with Gasteiger partial charge in [0, 0.05) is 12.2 Å². The minimum Gasteiger partial charge on any atom is -0.326 e. The molecule has 1 aliphatic heterocycles. The number of hydrogen-bond acceptors (Lipinski definition) is 3. The van der Waals surface area contributed by atoms with E-state index in [2.05, 4.69) is 5.32 Å². The summed E-state index contributed by atoms with van der Waals surface area (Å²) < 4.78 is 0. The summed E-state index contributed by atoms with van der Waals surface area (Å²) >= 11 is 1.42. The van der Waals surface area contributed by atoms with Crippen molar-refractivity contribution in [2.45, 2.75) is 39.2 Å². The maximum atomic E-state index is 12.7. The lowest BCUT2D eigenvalue weighted by molar-refractivity contribution is -0.121. The number of amides is 2. The van der Waals surface area contributed by atoms with Gasteiger partial charge >= 0.3 is 0 Å². The largest absolute Gasteiger partial charge is 0.326 e. The van der Waals surface area contributed by atoms with Crippen LogP contribution in [0.2, 0.25) is 0 Å². The lowest BCUT2D eigenvalue weighted by Gasteiger charge is -2.34. The summed E-state index contributed by atoms with van der Waals surface area (Å²) in [6.07, 6.45) is 2.64. The van der Waals surface area contributed by atoms with Crippen LogP contribution in [-0.2, 0) is 4.79 Å². The molecule has 1 fully saturated rings. The van der Waals surface area contributed by atoms with Crippen LogP contribution >= 0.6 is 11.3 Å². The van der Waals surface area contributed by atoms with Crippen molar-refractivity contribution in [3.63, 3.8) is 0 Å². The third-order valence-electron chi connectivity index (χ3n) is 4.57. The summed E-state index contributed by atoms with van der Waals surface area (Å²) in [7, 11) is 0. The Balaban J connectivity index is 1.75. The van der Waals surface area contributed by atoms with Gasteiger partial charge in [0.15, 0.2) is 0 Å². The smallest absolute Gasteiger partial charge is 0.264 e. The number of piperidine rings is 1. The van der Waals surface area contributed by atoms with Crippen LogP contribution in [0, 0.1) is 13.8 Å². The topological polar surface area (TPSA) is 49.4 Å². The van der Waals surface area contributed by atoms with E-state index in [1.807, 2.05) is 49.6 Å². The molecule has 0 radical (unpaired) electrons. The molecule has 1 aromatic heterocycles. The predicted molar refractivity (Wildman–Crippen MR) is 97.5 cm³/mol. The van der Waals surface area contributed by atoms with E-state index in [1.54, 1.807) is 4.90 Å². The molecule has 1 unspecified atom stereocenters. The van der Waals surface area contributed by atoms with E-state index in [-0.39, 0.29) is 11.8 Å². The number of anilines is 1. The standard InChI is InChI=1S/C19H22N2O2S/c1-13-8-9-15(12-14(13)2)20-18(22)16-6-3-4-10-21(16)19(23)17-7-5-11-24-17/h5,7-9,11-12,16H,3-4,6,10H2,1-2H3,(H,20,22). The van der Waals surface area contributed by atoms with E-state index in [1.165, 1.54) is 16.9 Å². The van der Waals surface area contributed by atoms with Crippen LogP contribution in [0.25, 0.3) is 0 Å². The fourth-order valence-corrected chi connectivity index (χ4v) is 3.71. The fourth-order valence-electron chi connectivity index (χ4n) is 3.03. The Kier molecular flexibility index (Phi) is 5.00. The fraction of sp³-hybridized carbons (Fsp3) is 0.368. The van der Waals surface area contributed by atoms with Gasteiger partial charge in [0.25, 0.3) is 5.91 Å². The van der Waals surface area contributed by atoms with Gasteiger partial charge < -0.3 is 10.2 Å². The lowest BCUT2D eigenvalue weighted by Crippen LogP contribution is -2.49. The zero-order chi connectivity index (χ0) is 17.1. The van der Waals surface area contributed by atoms with E-state index in [0.29, 0.717) is 17.8 Å². The predicted octanol–water partition coefficient (Wildman–Crippen LogP) is 4.00. The molecule has 0 bridgehead atoms. The van der Waals surface area contributed by atoms with Crippen molar-refractivity contribution >= 4 is 28.8 Å². The molecule has 2 amide bonds. The number of carbonyl (C=O) groups excluding carboxylic acids is 2. The zero-order valence-corrected chi connectivity index (χ0v) is 14.9. The number of carbonyl (C=O) groups is 2. The van der Waals surface area contributed by atoms with Crippen molar-refractivity contribution in [1.82, 2.24) is 4.90 Å². The number of benzene rings is 1. The zero-order valence-electron chi connectivity index (χ0n) is 14.0. The second-order valence-electron chi connectivity index (χ2n) is 6.28. The molecule has 126 valence electrons. The number of nitrogens with one attached hydrogen (secondary N) is 1. The summed E-state index contributed by atoms with van der Waals surface area (Å²) in [5, 5.41) is 4.87. The Labute approximate surface area is 146 Å². The van der Waals surface area contributed by atoms with Crippen molar-refractivity contribution in [2.75, 3.05) is 11.9 Å².